The van der Waals surface area contributed by atoms with Gasteiger partial charge in [-0.3, -0.25) is 11.3 Å². The number of nitrogens with one attached hydrogen (secondary N) is 1. The van der Waals surface area contributed by atoms with Gasteiger partial charge >= 0.3 is 0 Å². The number of hydrogen-bond donors (Lipinski definition) is 2. The molecule has 1 aromatic carbocycles. The number of hydrazine groups is 1. The molecule has 3 N–H and O–H groups in total. The van der Waals surface area contributed by atoms with Gasteiger partial charge in [-0.15, -0.1) is 0 Å². The summed E-state index contributed by atoms with van der Waals surface area (Å²) in [6.45, 7) is 1.97. The first-order valence-corrected chi connectivity index (χ1v) is 6.91. The minimum Gasteiger partial charge on any atom is -0.271 e. The van der Waals surface area contributed by atoms with Crippen LogP contribution in [0, 0.1) is 30.5 Å². The van der Waals surface area contributed by atoms with Crippen molar-refractivity contribution in [1.29, 1.82) is 0 Å². The van der Waals surface area contributed by atoms with Gasteiger partial charge in [0.15, 0.2) is 0 Å². The number of benzene rings is 1. The highest BCUT2D eigenvalue weighted by molar-refractivity contribution is 5.30. The summed E-state index contributed by atoms with van der Waals surface area (Å²) in [5.74, 6) is 7.94. The Bertz CT molecular complexity index is 446. The van der Waals surface area contributed by atoms with E-state index in [2.05, 4.69) is 5.43 Å². The molecule has 2 saturated carbocycles. The van der Waals surface area contributed by atoms with Crippen LogP contribution in [-0.2, 0) is 0 Å². The molecule has 0 heterocycles. The lowest BCUT2D eigenvalue weighted by atomic mass is 9.80. The zero-order valence-electron chi connectivity index (χ0n) is 10.8. The fourth-order valence-electron chi connectivity index (χ4n) is 4.13. The van der Waals surface area contributed by atoms with Crippen LogP contribution in [0.15, 0.2) is 18.2 Å². The van der Waals surface area contributed by atoms with Crippen molar-refractivity contribution in [2.75, 3.05) is 0 Å². The van der Waals surface area contributed by atoms with Crippen LogP contribution in [0.1, 0.15) is 42.9 Å². The molecule has 4 unspecified atom stereocenters. The Kier molecular flexibility index (Phi) is 3.12. The van der Waals surface area contributed by atoms with Crippen molar-refractivity contribution in [1.82, 2.24) is 5.43 Å². The second-order valence-electron chi connectivity index (χ2n) is 5.98. The van der Waals surface area contributed by atoms with Gasteiger partial charge in [-0.25, -0.2) is 4.39 Å². The molecule has 0 aromatic heterocycles. The third kappa shape index (κ3) is 1.95. The zero-order valence-corrected chi connectivity index (χ0v) is 10.8. The SMILES string of the molecule is Cc1cc(F)ccc1C(NN)C1CC2CCC1C2. The lowest BCUT2D eigenvalue weighted by molar-refractivity contribution is 0.251. The summed E-state index contributed by atoms with van der Waals surface area (Å²) in [4.78, 5) is 0. The summed E-state index contributed by atoms with van der Waals surface area (Å²) >= 11 is 0. The molecule has 2 aliphatic carbocycles. The number of nitrogens with two attached hydrogens (primary N) is 1. The van der Waals surface area contributed by atoms with E-state index in [1.165, 1.54) is 25.7 Å². The zero-order chi connectivity index (χ0) is 12.7. The van der Waals surface area contributed by atoms with Gasteiger partial charge in [0.1, 0.15) is 5.82 Å². The van der Waals surface area contributed by atoms with E-state index in [1.54, 1.807) is 12.1 Å². The maximum atomic E-state index is 13.2. The quantitative estimate of drug-likeness (QED) is 0.637. The van der Waals surface area contributed by atoms with Crippen molar-refractivity contribution >= 4 is 0 Å². The van der Waals surface area contributed by atoms with Crippen molar-refractivity contribution in [3.8, 4) is 0 Å². The Morgan fingerprint density at radius 2 is 2.17 bits per heavy atom. The minimum atomic E-state index is -0.167. The summed E-state index contributed by atoms with van der Waals surface area (Å²) in [5.41, 5.74) is 5.15. The van der Waals surface area contributed by atoms with Crippen LogP contribution < -0.4 is 11.3 Å². The highest BCUT2D eigenvalue weighted by atomic mass is 19.1. The first kappa shape index (κ1) is 12.1. The van der Waals surface area contributed by atoms with Crippen LogP contribution in [0.4, 0.5) is 4.39 Å². The Morgan fingerprint density at radius 1 is 1.33 bits per heavy atom. The molecule has 98 valence electrons. The predicted octanol–water partition coefficient (Wildman–Crippen LogP) is 3.07. The van der Waals surface area contributed by atoms with E-state index >= 15 is 0 Å². The van der Waals surface area contributed by atoms with Gasteiger partial charge in [-0.2, -0.15) is 0 Å². The maximum Gasteiger partial charge on any atom is 0.123 e. The van der Waals surface area contributed by atoms with Crippen LogP contribution in [-0.4, -0.2) is 0 Å². The standard InChI is InChI=1S/C15H21FN2/c1-9-6-12(16)4-5-13(9)15(18-17)14-8-10-2-3-11(14)7-10/h4-6,10-11,14-15,18H,2-3,7-8,17H2,1H3. The second-order valence-corrected chi connectivity index (χ2v) is 5.98. The molecule has 2 fully saturated rings. The van der Waals surface area contributed by atoms with Gasteiger partial charge in [0.2, 0.25) is 0 Å². The average Bonchev–Trinajstić information content (AvgIpc) is 2.95. The summed E-state index contributed by atoms with van der Waals surface area (Å²) in [5, 5.41) is 0. The molecule has 3 rings (SSSR count). The number of hydrogen-bond acceptors (Lipinski definition) is 2. The topological polar surface area (TPSA) is 38.0 Å². The molecule has 0 saturated heterocycles. The van der Waals surface area contributed by atoms with E-state index in [9.17, 15) is 4.39 Å². The lowest BCUT2D eigenvalue weighted by Crippen LogP contribution is -2.36. The molecule has 2 bridgehead atoms. The number of aryl methyl sites for hydroxylation is 1. The number of fused-ring (bicyclic) bond motifs is 2. The summed E-state index contributed by atoms with van der Waals surface area (Å²) in [6, 6.07) is 5.22. The second kappa shape index (κ2) is 4.63. The molecule has 3 heteroatoms. The Labute approximate surface area is 108 Å². The van der Waals surface area contributed by atoms with E-state index in [-0.39, 0.29) is 11.9 Å². The maximum absolute atomic E-state index is 13.2. The fourth-order valence-corrected chi connectivity index (χ4v) is 4.13. The van der Waals surface area contributed by atoms with Crippen LogP contribution in [0.25, 0.3) is 0 Å². The molecule has 2 aliphatic rings. The van der Waals surface area contributed by atoms with E-state index in [0.717, 1.165) is 23.0 Å². The summed E-state index contributed by atoms with van der Waals surface area (Å²) < 4.78 is 13.2. The first-order valence-electron chi connectivity index (χ1n) is 6.91. The molecule has 4 atom stereocenters. The molecule has 0 radical (unpaired) electrons. The van der Waals surface area contributed by atoms with Crippen molar-refractivity contribution in [2.24, 2.45) is 23.6 Å². The van der Waals surface area contributed by atoms with E-state index < -0.39 is 0 Å². The monoisotopic (exact) mass is 248 g/mol. The highest BCUT2D eigenvalue weighted by Gasteiger charge is 2.43. The third-order valence-corrected chi connectivity index (χ3v) is 4.97. The molecular formula is C15H21FN2. The Morgan fingerprint density at radius 3 is 2.72 bits per heavy atom. The van der Waals surface area contributed by atoms with Gasteiger partial charge in [0.25, 0.3) is 0 Å². The Balaban J connectivity index is 1.88. The predicted molar refractivity (Wildman–Crippen MR) is 70.1 cm³/mol. The van der Waals surface area contributed by atoms with E-state index in [1.807, 2.05) is 13.0 Å². The Hall–Kier alpha value is -0.930. The largest absolute Gasteiger partial charge is 0.271 e. The first-order chi connectivity index (χ1) is 8.69. The molecule has 0 spiro atoms. The van der Waals surface area contributed by atoms with Crippen LogP contribution in [0.2, 0.25) is 0 Å². The van der Waals surface area contributed by atoms with Crippen LogP contribution >= 0.6 is 0 Å². The number of rotatable bonds is 3. The van der Waals surface area contributed by atoms with Gasteiger partial charge in [-0.1, -0.05) is 12.5 Å². The van der Waals surface area contributed by atoms with Crippen molar-refractivity contribution in [3.05, 3.63) is 35.1 Å². The van der Waals surface area contributed by atoms with Crippen LogP contribution in [0.3, 0.4) is 0 Å². The van der Waals surface area contributed by atoms with Crippen molar-refractivity contribution in [2.45, 2.75) is 38.6 Å². The van der Waals surface area contributed by atoms with Gasteiger partial charge in [-0.05, 0) is 67.2 Å². The van der Waals surface area contributed by atoms with E-state index in [4.69, 9.17) is 5.84 Å². The van der Waals surface area contributed by atoms with Gasteiger partial charge in [0.05, 0.1) is 0 Å². The molecule has 1 aromatic rings. The normalized spacial score (nSPS) is 31.8. The van der Waals surface area contributed by atoms with Gasteiger partial charge < -0.3 is 0 Å². The summed E-state index contributed by atoms with van der Waals surface area (Å²) in [7, 11) is 0. The van der Waals surface area contributed by atoms with E-state index in [0.29, 0.717) is 5.92 Å². The van der Waals surface area contributed by atoms with Crippen molar-refractivity contribution in [3.63, 3.8) is 0 Å². The third-order valence-electron chi connectivity index (χ3n) is 4.97. The smallest absolute Gasteiger partial charge is 0.123 e. The van der Waals surface area contributed by atoms with Crippen LogP contribution in [0.5, 0.6) is 0 Å². The minimum absolute atomic E-state index is 0.167. The molecule has 0 amide bonds. The average molecular weight is 248 g/mol. The summed E-state index contributed by atoms with van der Waals surface area (Å²) in [6.07, 6.45) is 5.37. The fraction of sp³-hybridized carbons (Fsp3) is 0.600. The molecule has 18 heavy (non-hydrogen) atoms. The molecule has 2 nitrogen and oxygen atoms in total. The number of halogens is 1. The highest BCUT2D eigenvalue weighted by Crippen LogP contribution is 2.52. The molecule has 0 aliphatic heterocycles. The molecular weight excluding hydrogens is 227 g/mol. The van der Waals surface area contributed by atoms with Crippen molar-refractivity contribution < 1.29 is 4.39 Å². The lowest BCUT2D eigenvalue weighted by Gasteiger charge is -2.31. The van der Waals surface area contributed by atoms with Gasteiger partial charge in [0, 0.05) is 6.04 Å².